The van der Waals surface area contributed by atoms with Gasteiger partial charge in [-0.2, -0.15) is 0 Å². The van der Waals surface area contributed by atoms with Crippen LogP contribution in [0.4, 0.5) is 0 Å². The van der Waals surface area contributed by atoms with Crippen molar-refractivity contribution in [1.29, 1.82) is 0 Å². The Hall–Kier alpha value is -0.670. The summed E-state index contributed by atoms with van der Waals surface area (Å²) in [6, 6.07) is 9.20. The molecule has 0 heterocycles. The lowest BCUT2D eigenvalue weighted by Gasteiger charge is -2.01. The molecule has 0 spiro atoms. The van der Waals surface area contributed by atoms with Crippen LogP contribution in [0.2, 0.25) is 0 Å². The van der Waals surface area contributed by atoms with Gasteiger partial charge in [0.1, 0.15) is 4.20 Å². The van der Waals surface area contributed by atoms with Gasteiger partial charge in [-0.05, 0) is 12.2 Å². The molecule has 0 aromatic heterocycles. The van der Waals surface area contributed by atoms with Crippen LogP contribution in [-0.2, 0) is 0 Å². The molecular weight excluding hydrogens is 224 g/mol. The first-order valence-electron chi connectivity index (χ1n) is 5.02. The minimum Gasteiger partial charge on any atom is -0.287 e. The van der Waals surface area contributed by atoms with Crippen LogP contribution < -0.4 is 0 Å². The van der Waals surface area contributed by atoms with Crippen LogP contribution in [0.25, 0.3) is 0 Å². The van der Waals surface area contributed by atoms with Crippen molar-refractivity contribution in [2.75, 3.05) is 5.75 Å². The van der Waals surface area contributed by atoms with Crippen LogP contribution in [0.5, 0.6) is 0 Å². The molecule has 0 saturated carbocycles. The minimum atomic E-state index is -0.0216. The number of hydrogen-bond acceptors (Lipinski definition) is 3. The molecule has 0 N–H and O–H groups in total. The Labute approximate surface area is 100 Å². The Morgan fingerprint density at radius 2 is 2.00 bits per heavy atom. The van der Waals surface area contributed by atoms with Crippen molar-refractivity contribution in [3.8, 4) is 0 Å². The maximum atomic E-state index is 11.8. The number of ketones is 1. The molecule has 0 radical (unpaired) electrons. The number of rotatable bonds is 5. The van der Waals surface area contributed by atoms with E-state index >= 15 is 0 Å². The van der Waals surface area contributed by atoms with Crippen LogP contribution >= 0.6 is 24.0 Å². The van der Waals surface area contributed by atoms with Crippen molar-refractivity contribution >= 4 is 34.0 Å². The quantitative estimate of drug-likeness (QED) is 0.442. The summed E-state index contributed by atoms with van der Waals surface area (Å²) in [5, 5.41) is 0. The lowest BCUT2D eigenvalue weighted by molar-refractivity contribution is 0.107. The molecule has 1 aromatic carbocycles. The summed E-state index contributed by atoms with van der Waals surface area (Å²) in [4.78, 5) is 11.8. The third-order valence-corrected chi connectivity index (χ3v) is 3.43. The van der Waals surface area contributed by atoms with E-state index in [-0.39, 0.29) is 5.78 Å². The summed E-state index contributed by atoms with van der Waals surface area (Å²) < 4.78 is 0.481. The van der Waals surface area contributed by atoms with E-state index in [9.17, 15) is 4.79 Å². The van der Waals surface area contributed by atoms with Gasteiger partial charge < -0.3 is 0 Å². The first-order valence-corrected chi connectivity index (χ1v) is 6.41. The smallest absolute Gasteiger partial charge is 0.210 e. The van der Waals surface area contributed by atoms with Crippen molar-refractivity contribution in [1.82, 2.24) is 0 Å². The molecule has 80 valence electrons. The number of hydrogen-bond donors (Lipinski definition) is 0. The lowest BCUT2D eigenvalue weighted by atomic mass is 10.2. The van der Waals surface area contributed by atoms with Crippen LogP contribution in [-0.4, -0.2) is 15.7 Å². The zero-order valence-corrected chi connectivity index (χ0v) is 10.4. The summed E-state index contributed by atoms with van der Waals surface area (Å²) >= 11 is 6.57. The van der Waals surface area contributed by atoms with Crippen LogP contribution in [0.1, 0.15) is 30.1 Å². The second-order valence-corrected chi connectivity index (χ2v) is 4.96. The number of benzene rings is 1. The van der Waals surface area contributed by atoms with Crippen molar-refractivity contribution in [3.63, 3.8) is 0 Å². The Morgan fingerprint density at radius 1 is 1.33 bits per heavy atom. The number of carbonyl (C=O) groups is 1. The molecule has 1 rings (SSSR count). The minimum absolute atomic E-state index is 0.0216. The second kappa shape index (κ2) is 6.75. The van der Waals surface area contributed by atoms with Gasteiger partial charge in [-0.1, -0.05) is 55.9 Å². The fourth-order valence-electron chi connectivity index (χ4n) is 1.08. The molecule has 0 saturated heterocycles. The summed E-state index contributed by atoms with van der Waals surface area (Å²) in [5.74, 6) is 0.917. The molecule has 0 aliphatic rings. The highest BCUT2D eigenvalue weighted by atomic mass is 32.2. The van der Waals surface area contributed by atoms with Gasteiger partial charge in [0.25, 0.3) is 0 Å². The molecule has 0 aliphatic heterocycles. The van der Waals surface area contributed by atoms with Gasteiger partial charge in [0.05, 0.1) is 0 Å². The van der Waals surface area contributed by atoms with E-state index in [1.807, 2.05) is 18.2 Å². The molecule has 15 heavy (non-hydrogen) atoms. The maximum absolute atomic E-state index is 11.8. The Morgan fingerprint density at radius 3 is 2.60 bits per heavy atom. The summed E-state index contributed by atoms with van der Waals surface area (Å²) in [5.41, 5.74) is 0.687. The van der Waals surface area contributed by atoms with Gasteiger partial charge in [-0.15, -0.1) is 11.8 Å². The second-order valence-electron chi connectivity index (χ2n) is 3.18. The zero-order chi connectivity index (χ0) is 11.1. The predicted molar refractivity (Wildman–Crippen MR) is 70.7 cm³/mol. The van der Waals surface area contributed by atoms with E-state index in [1.54, 1.807) is 12.1 Å². The summed E-state index contributed by atoms with van der Waals surface area (Å²) in [6.07, 6.45) is 2.24. The van der Waals surface area contributed by atoms with Crippen molar-refractivity contribution in [3.05, 3.63) is 35.9 Å². The molecule has 0 aliphatic carbocycles. The van der Waals surface area contributed by atoms with E-state index in [2.05, 4.69) is 6.92 Å². The summed E-state index contributed by atoms with van der Waals surface area (Å²) in [7, 11) is 0. The van der Waals surface area contributed by atoms with Crippen molar-refractivity contribution in [2.24, 2.45) is 0 Å². The van der Waals surface area contributed by atoms with Gasteiger partial charge in [0, 0.05) is 5.56 Å². The lowest BCUT2D eigenvalue weighted by Crippen LogP contribution is -2.08. The molecule has 0 atom stereocenters. The average Bonchev–Trinajstić information content (AvgIpc) is 2.29. The monoisotopic (exact) mass is 238 g/mol. The van der Waals surface area contributed by atoms with Gasteiger partial charge in [0.2, 0.25) is 5.78 Å². The number of Topliss-reactive ketones (excluding diaryl/α,β-unsaturated/α-hetero) is 1. The highest BCUT2D eigenvalue weighted by Gasteiger charge is 2.11. The highest BCUT2D eigenvalue weighted by Crippen LogP contribution is 2.13. The first-order chi connectivity index (χ1) is 7.25. The van der Waals surface area contributed by atoms with E-state index < -0.39 is 0 Å². The van der Waals surface area contributed by atoms with Gasteiger partial charge in [-0.3, -0.25) is 4.79 Å². The van der Waals surface area contributed by atoms with E-state index in [1.165, 1.54) is 11.8 Å². The van der Waals surface area contributed by atoms with Gasteiger partial charge in [0.15, 0.2) is 0 Å². The molecule has 1 aromatic rings. The number of carbonyl (C=O) groups excluding carboxylic acids is 1. The molecular formula is C12H14OS2. The zero-order valence-electron chi connectivity index (χ0n) is 8.73. The number of thioether (sulfide) groups is 1. The molecule has 0 unspecified atom stereocenters. The predicted octanol–water partition coefficient (Wildman–Crippen LogP) is 3.73. The molecule has 0 amide bonds. The topological polar surface area (TPSA) is 17.1 Å². The fraction of sp³-hybridized carbons (Fsp3) is 0.333. The standard InChI is InChI=1S/C12H14OS2/c1-2-3-9-15-12(14)11(13)10-7-5-4-6-8-10/h4-8H,2-3,9H2,1H3. The van der Waals surface area contributed by atoms with E-state index in [0.29, 0.717) is 9.76 Å². The average molecular weight is 238 g/mol. The van der Waals surface area contributed by atoms with Crippen molar-refractivity contribution < 1.29 is 4.79 Å². The largest absolute Gasteiger partial charge is 0.287 e. The molecule has 0 bridgehead atoms. The first kappa shape index (κ1) is 12.4. The van der Waals surface area contributed by atoms with Gasteiger partial charge in [-0.25, -0.2) is 0 Å². The SMILES string of the molecule is CCCCSC(=S)C(=O)c1ccccc1. The molecule has 0 fully saturated rings. The third-order valence-electron chi connectivity index (χ3n) is 1.95. The summed E-state index contributed by atoms with van der Waals surface area (Å²) in [6.45, 7) is 2.13. The number of unbranched alkanes of at least 4 members (excludes halogenated alkanes) is 1. The Bertz CT molecular complexity index is 333. The Kier molecular flexibility index (Phi) is 5.58. The third kappa shape index (κ3) is 4.14. The van der Waals surface area contributed by atoms with Gasteiger partial charge >= 0.3 is 0 Å². The van der Waals surface area contributed by atoms with Crippen LogP contribution in [0, 0.1) is 0 Å². The van der Waals surface area contributed by atoms with Crippen molar-refractivity contribution in [2.45, 2.75) is 19.8 Å². The molecule has 1 nitrogen and oxygen atoms in total. The van der Waals surface area contributed by atoms with Crippen LogP contribution in [0.3, 0.4) is 0 Å². The maximum Gasteiger partial charge on any atom is 0.210 e. The highest BCUT2D eigenvalue weighted by molar-refractivity contribution is 8.25. The normalized spacial score (nSPS) is 9.93. The Balaban J connectivity index is 2.50. The fourth-order valence-corrected chi connectivity index (χ4v) is 2.32. The number of thiocarbonyl (C=S) groups is 1. The van der Waals surface area contributed by atoms with Crippen LogP contribution in [0.15, 0.2) is 30.3 Å². The van der Waals surface area contributed by atoms with E-state index in [0.717, 1.165) is 18.6 Å². The molecule has 3 heteroatoms. The van der Waals surface area contributed by atoms with E-state index in [4.69, 9.17) is 12.2 Å².